The lowest BCUT2D eigenvalue weighted by molar-refractivity contribution is -0.138. The van der Waals surface area contributed by atoms with Crippen molar-refractivity contribution in [2.75, 3.05) is 49.4 Å². The first kappa shape index (κ1) is 107. The average molecular weight is 1520 g/mol. The van der Waals surface area contributed by atoms with E-state index >= 15 is 0 Å². The van der Waals surface area contributed by atoms with E-state index in [0.717, 1.165) is 77.0 Å². The number of thioether (sulfide) groups is 4. The van der Waals surface area contributed by atoms with Gasteiger partial charge >= 0.3 is 47.8 Å². The number of unbranched alkanes of at least 4 members (excludes halogenated alkanes) is 36. The molecule has 4 unspecified atom stereocenters. The molecule has 0 rings (SSSR count). The molecule has 0 heterocycles. The van der Waals surface area contributed by atoms with E-state index in [-0.39, 0.29) is 72.4 Å². The first-order chi connectivity index (χ1) is 48.5. The van der Waals surface area contributed by atoms with Crippen molar-refractivity contribution in [3.05, 3.63) is 0 Å². The fourth-order valence-electron chi connectivity index (χ4n) is 10.7. The lowest BCUT2D eigenvalue weighted by atomic mass is 9.93. The van der Waals surface area contributed by atoms with Gasteiger partial charge in [-0.15, -0.1) is 0 Å². The Kier molecular flexibility index (Phi) is 88.9. The summed E-state index contributed by atoms with van der Waals surface area (Å²) in [5.74, 6) is -4.39. The van der Waals surface area contributed by atoms with E-state index in [0.29, 0.717) is 23.0 Å². The quantitative estimate of drug-likeness (QED) is 0.0252. The minimum Gasteiger partial charge on any atom is -0.481 e. The summed E-state index contributed by atoms with van der Waals surface area (Å²) in [6.07, 6.45) is 55.5. The molecule has 0 radical (unpaired) electrons. The number of aliphatic hydroxyl groups excluding tert-OH is 4. The van der Waals surface area contributed by atoms with Crippen molar-refractivity contribution in [1.29, 1.82) is 0 Å². The maximum atomic E-state index is 10.9. The minimum absolute atomic E-state index is 0.0564. The molecule has 0 aromatic rings. The Hall–Kier alpha value is -3.00. The Morgan fingerprint density at radius 2 is 0.366 bits per heavy atom. The van der Waals surface area contributed by atoms with Crippen LogP contribution < -0.4 is 0 Å². The summed E-state index contributed by atoms with van der Waals surface area (Å²) in [6.45, 7) is 7.31. The molecule has 0 aliphatic heterocycles. The third kappa shape index (κ3) is 93.0. The zero-order valence-corrected chi connectivity index (χ0v) is 66.8. The first-order valence-electron chi connectivity index (χ1n) is 39.1. The van der Waals surface area contributed by atoms with Gasteiger partial charge in [0.05, 0.1) is 83.2 Å². The Labute approximate surface area is 628 Å². The van der Waals surface area contributed by atoms with Crippen LogP contribution in [-0.2, 0) is 38.4 Å². The highest BCUT2D eigenvalue weighted by atomic mass is 32.2. The zero-order chi connectivity index (χ0) is 76.7. The first-order valence-corrected chi connectivity index (χ1v) is 43.3. The lowest BCUT2D eigenvalue weighted by Gasteiger charge is -2.23. The Morgan fingerprint density at radius 3 is 0.475 bits per heavy atom. The average Bonchev–Trinajstić information content (AvgIpc) is 1.13. The number of carboxylic acids is 8. The lowest BCUT2D eigenvalue weighted by Crippen LogP contribution is -2.37. The van der Waals surface area contributed by atoms with Crippen molar-refractivity contribution < 1.29 is 99.6 Å². The molecule has 0 amide bonds. The number of carboxylic acid groups (broad SMARTS) is 8. The maximum absolute atomic E-state index is 10.9. The third-order valence-electron chi connectivity index (χ3n) is 17.1. The minimum atomic E-state index is -1.11. The summed E-state index contributed by atoms with van der Waals surface area (Å²) in [5.41, 5.74) is -1.11. The highest BCUT2D eigenvalue weighted by molar-refractivity contribution is 8.00. The number of aliphatic carboxylic acids is 8. The van der Waals surface area contributed by atoms with Crippen LogP contribution in [0.1, 0.15) is 362 Å². The van der Waals surface area contributed by atoms with Crippen LogP contribution in [0.25, 0.3) is 0 Å². The Bertz CT molecular complexity index is 1630. The van der Waals surface area contributed by atoms with Crippen LogP contribution in [-0.4, -0.2) is 179 Å². The second-order valence-corrected chi connectivity index (χ2v) is 32.6. The molecule has 20 nitrogen and oxygen atoms in total. The van der Waals surface area contributed by atoms with E-state index in [1.165, 1.54) is 253 Å². The standard InChI is InChI=1S/4C18H34O4S.C5H12O4/c4*1-2-3-4-5-6-7-8-9-10-11-12-16(15-18(21)22)23-14-13-17(19)20;6-1-5(2-7,3-8)4-9/h4*16H,2-15H2,1H3,(H,19,20)(H,21,22);6-9H,1-4H2. The van der Waals surface area contributed by atoms with Crippen molar-refractivity contribution >= 4 is 94.8 Å². The zero-order valence-electron chi connectivity index (χ0n) is 63.5. The molecule has 101 heavy (non-hydrogen) atoms. The summed E-state index contributed by atoms with van der Waals surface area (Å²) in [4.78, 5) is 85.5. The molecule has 0 aliphatic carbocycles. The number of hydrogen-bond donors (Lipinski definition) is 12. The number of aliphatic hydroxyl groups is 4. The molecule has 0 fully saturated rings. The summed E-state index contributed by atoms with van der Waals surface area (Å²) < 4.78 is 0. The van der Waals surface area contributed by atoms with Gasteiger partial charge in [-0.2, -0.15) is 47.0 Å². The molecule has 0 saturated heterocycles. The molecule has 0 spiro atoms. The van der Waals surface area contributed by atoms with E-state index in [2.05, 4.69) is 27.7 Å². The van der Waals surface area contributed by atoms with Crippen LogP contribution in [0.3, 0.4) is 0 Å². The topological polar surface area (TPSA) is 379 Å². The molecular formula is C77H148O20S4. The highest BCUT2D eigenvalue weighted by Gasteiger charge is 2.26. The van der Waals surface area contributed by atoms with Gasteiger partial charge in [0.25, 0.3) is 0 Å². The molecular weight excluding hydrogens is 1370 g/mol. The number of carbonyl (C=O) groups is 8. The van der Waals surface area contributed by atoms with Crippen LogP contribution in [0.4, 0.5) is 0 Å². The van der Waals surface area contributed by atoms with Crippen molar-refractivity contribution in [2.24, 2.45) is 5.41 Å². The van der Waals surface area contributed by atoms with E-state index in [9.17, 15) is 38.4 Å². The Morgan fingerprint density at radius 1 is 0.228 bits per heavy atom. The summed E-state index contributed by atoms with van der Waals surface area (Å²) in [5, 5.41) is 104. The molecule has 600 valence electrons. The molecule has 0 aliphatic rings. The highest BCUT2D eigenvalue weighted by Crippen LogP contribution is 2.27. The normalized spacial score (nSPS) is 12.2. The predicted molar refractivity (Wildman–Crippen MR) is 420 cm³/mol. The van der Waals surface area contributed by atoms with Gasteiger partial charge in [0, 0.05) is 44.0 Å². The number of rotatable bonds is 72. The molecule has 0 aromatic carbocycles. The molecule has 12 N–H and O–H groups in total. The second kappa shape index (κ2) is 84.3. The van der Waals surface area contributed by atoms with Gasteiger partial charge in [-0.1, -0.05) is 285 Å². The van der Waals surface area contributed by atoms with Crippen LogP contribution in [0.5, 0.6) is 0 Å². The SMILES string of the molecule is CCCCCCCCCCCCC(CC(=O)O)SCCC(=O)O.CCCCCCCCCCCCC(CC(=O)O)SCCC(=O)O.CCCCCCCCCCCCC(CC(=O)O)SCCC(=O)O.CCCCCCCCCCCCC(CC(=O)O)SCCC(=O)O.OCC(CO)(CO)CO. The Balaban J connectivity index is -0.000000389. The van der Waals surface area contributed by atoms with E-state index < -0.39 is 79.6 Å². The van der Waals surface area contributed by atoms with Crippen LogP contribution in [0, 0.1) is 5.41 Å². The summed E-state index contributed by atoms with van der Waals surface area (Å²) >= 11 is 5.98. The van der Waals surface area contributed by atoms with Gasteiger partial charge in [0.15, 0.2) is 0 Å². The molecule has 4 atom stereocenters. The molecule has 0 bridgehead atoms. The van der Waals surface area contributed by atoms with Crippen LogP contribution in [0.15, 0.2) is 0 Å². The van der Waals surface area contributed by atoms with Gasteiger partial charge < -0.3 is 61.3 Å². The molecule has 24 heteroatoms. The van der Waals surface area contributed by atoms with Gasteiger partial charge in [-0.25, -0.2) is 0 Å². The van der Waals surface area contributed by atoms with Gasteiger partial charge in [-0.05, 0) is 25.7 Å². The van der Waals surface area contributed by atoms with Crippen molar-refractivity contribution in [2.45, 2.75) is 383 Å². The van der Waals surface area contributed by atoms with Crippen molar-refractivity contribution in [1.82, 2.24) is 0 Å². The van der Waals surface area contributed by atoms with Crippen molar-refractivity contribution in [3.63, 3.8) is 0 Å². The summed E-state index contributed by atoms with van der Waals surface area (Å²) in [6, 6.07) is 0. The predicted octanol–water partition coefficient (Wildman–Crippen LogP) is 19.3. The molecule has 0 aromatic heterocycles. The monoisotopic (exact) mass is 1520 g/mol. The fraction of sp³-hybridized carbons (Fsp3) is 0.896. The maximum Gasteiger partial charge on any atom is 0.304 e. The second-order valence-electron chi connectivity index (χ2n) is 27.0. The summed E-state index contributed by atoms with van der Waals surface area (Å²) in [7, 11) is 0. The van der Waals surface area contributed by atoms with E-state index in [1.54, 1.807) is 0 Å². The van der Waals surface area contributed by atoms with Crippen molar-refractivity contribution in [3.8, 4) is 0 Å². The van der Waals surface area contributed by atoms with Gasteiger partial charge in [0.2, 0.25) is 0 Å². The van der Waals surface area contributed by atoms with E-state index in [4.69, 9.17) is 61.3 Å². The van der Waals surface area contributed by atoms with Gasteiger partial charge in [-0.3, -0.25) is 38.4 Å². The van der Waals surface area contributed by atoms with E-state index in [1.807, 2.05) is 0 Å². The van der Waals surface area contributed by atoms with Gasteiger partial charge in [0.1, 0.15) is 0 Å². The largest absolute Gasteiger partial charge is 0.481 e. The number of hydrogen-bond acceptors (Lipinski definition) is 16. The smallest absolute Gasteiger partial charge is 0.304 e. The molecule has 0 saturated carbocycles. The fourth-order valence-corrected chi connectivity index (χ4v) is 15.6. The van der Waals surface area contributed by atoms with Crippen LogP contribution in [0.2, 0.25) is 0 Å². The third-order valence-corrected chi connectivity index (χ3v) is 22.4. The van der Waals surface area contributed by atoms with Crippen LogP contribution >= 0.6 is 47.0 Å².